The quantitative estimate of drug-likeness (QED) is 0.0105. The fourth-order valence-corrected chi connectivity index (χ4v) is 8.90. The van der Waals surface area contributed by atoms with Crippen molar-refractivity contribution in [1.29, 1.82) is 0 Å². The van der Waals surface area contributed by atoms with E-state index in [1.807, 2.05) is 151 Å². The van der Waals surface area contributed by atoms with Crippen LogP contribution in [0.1, 0.15) is 122 Å². The molecule has 96 heavy (non-hydrogen) atoms. The second-order valence-electron chi connectivity index (χ2n) is 25.8. The van der Waals surface area contributed by atoms with Gasteiger partial charge in [0.05, 0.1) is 127 Å². The molecule has 0 bridgehead atoms. The van der Waals surface area contributed by atoms with Gasteiger partial charge in [0, 0.05) is 25.7 Å². The van der Waals surface area contributed by atoms with E-state index < -0.39 is 18.3 Å². The molecule has 0 spiro atoms. The number of aliphatic hydroxyl groups excluding tert-OH is 10. The lowest BCUT2D eigenvalue weighted by Crippen LogP contribution is -3.00. The summed E-state index contributed by atoms with van der Waals surface area (Å²) in [6, 6.07) is 29.9. The predicted molar refractivity (Wildman–Crippen MR) is 376 cm³/mol. The van der Waals surface area contributed by atoms with Crippen molar-refractivity contribution in [2.75, 3.05) is 128 Å². The number of benzene rings is 4. The van der Waals surface area contributed by atoms with Crippen LogP contribution in [0, 0.1) is 0 Å². The van der Waals surface area contributed by atoms with E-state index in [0.717, 1.165) is 127 Å². The molecule has 0 saturated carbocycles. The number of allylic oxidation sites excluding steroid dienone is 4. The number of halogens is 4. The number of ketones is 4. The topological polar surface area (TPSA) is 274 Å². The largest absolute Gasteiger partial charge is 1.00 e. The van der Waals surface area contributed by atoms with E-state index in [1.54, 1.807) is 36.5 Å². The molecule has 0 aliphatic heterocycles. The number of hydrogen-bond acceptors (Lipinski definition) is 15. The number of carbonyl (C=O) groups excluding carboxylic acids is 4. The number of nitrogens with zero attached hydrogens (tertiary/aromatic N) is 4. The van der Waals surface area contributed by atoms with Gasteiger partial charge in [0.15, 0.2) is 23.1 Å². The SMILES string of the molecule is CN(C)CCCCC(=O)/C=C/c1ccc(CO)cc1.C[N+](C)(C)CCCCC(=O)/C=C/c1ccc(CO)cc1.C[N+](C)(CCCCC(=O)/C=C/c1ccc(CO)cc1)CC(O)CO.C[N+](C)(CCCCC(=O)/C=C/c1ccc(CO)cc1)CC(O)CO.OCC(O)CCl.[Cl-].[Cl-].[Cl-]. The van der Waals surface area contributed by atoms with Crippen molar-refractivity contribution in [2.24, 2.45) is 0 Å². The van der Waals surface area contributed by atoms with Gasteiger partial charge in [-0.25, -0.2) is 0 Å². The van der Waals surface area contributed by atoms with Crippen LogP contribution in [0.3, 0.4) is 0 Å². The van der Waals surface area contributed by atoms with Gasteiger partial charge < -0.3 is 107 Å². The zero-order chi connectivity index (χ0) is 70.1. The summed E-state index contributed by atoms with van der Waals surface area (Å²) in [4.78, 5) is 49.3. The lowest BCUT2D eigenvalue weighted by Gasteiger charge is -2.31. The molecule has 0 saturated heterocycles. The number of aliphatic hydroxyl groups is 10. The molecule has 0 aliphatic rings. The second-order valence-corrected chi connectivity index (χ2v) is 26.1. The number of alkyl halides is 1. The Hall–Kier alpha value is -4.88. The van der Waals surface area contributed by atoms with E-state index in [0.29, 0.717) is 47.7 Å². The highest BCUT2D eigenvalue weighted by molar-refractivity contribution is 6.18. The molecule has 0 amide bonds. The maximum atomic E-state index is 11.9. The van der Waals surface area contributed by atoms with E-state index >= 15 is 0 Å². The fourth-order valence-electron chi connectivity index (χ4n) is 8.81. The summed E-state index contributed by atoms with van der Waals surface area (Å²) in [5, 5.41) is 89.0. The molecule has 544 valence electrons. The van der Waals surface area contributed by atoms with Crippen LogP contribution in [-0.2, 0) is 45.6 Å². The van der Waals surface area contributed by atoms with Crippen LogP contribution in [0.5, 0.6) is 0 Å². The van der Waals surface area contributed by atoms with E-state index in [1.165, 1.54) is 0 Å². The minimum atomic E-state index is -0.744. The lowest BCUT2D eigenvalue weighted by molar-refractivity contribution is -0.893. The number of likely N-dealkylation sites (N-methyl/N-ethyl adjacent to an activating group) is 2. The normalized spacial score (nSPS) is 12.3. The van der Waals surface area contributed by atoms with Gasteiger partial charge in [0.2, 0.25) is 0 Å². The minimum Gasteiger partial charge on any atom is -1.00 e. The summed E-state index contributed by atoms with van der Waals surface area (Å²) in [6.45, 7) is 4.32. The Labute approximate surface area is 597 Å². The monoisotopic (exact) mass is 1420 g/mol. The second kappa shape index (κ2) is 58.0. The Kier molecular flexibility index (Phi) is 58.9. The molecule has 0 aromatic heterocycles. The van der Waals surface area contributed by atoms with Crippen LogP contribution in [-0.4, -0.2) is 239 Å². The molecule has 0 heterocycles. The van der Waals surface area contributed by atoms with E-state index in [2.05, 4.69) is 26.0 Å². The molecular weight excluding hydrogens is 1310 g/mol. The molecule has 4 aromatic carbocycles. The minimum absolute atomic E-state index is 0. The Morgan fingerprint density at radius 2 is 0.625 bits per heavy atom. The first-order valence-corrected chi connectivity index (χ1v) is 32.7. The third-order valence-electron chi connectivity index (χ3n) is 14.4. The molecule has 18 nitrogen and oxygen atoms in total. The molecule has 3 atom stereocenters. The average Bonchev–Trinajstić information content (AvgIpc) is 2.05. The van der Waals surface area contributed by atoms with Gasteiger partial charge in [-0.3, -0.25) is 19.2 Å². The third kappa shape index (κ3) is 55.1. The zero-order valence-electron chi connectivity index (χ0n) is 58.4. The van der Waals surface area contributed by atoms with Gasteiger partial charge in [-0.05, 0) is 141 Å². The Bertz CT molecular complexity index is 2640. The van der Waals surface area contributed by atoms with E-state index in [9.17, 15) is 29.4 Å². The molecule has 0 fully saturated rings. The summed E-state index contributed by atoms with van der Waals surface area (Å²) in [7, 11) is 18.6. The summed E-state index contributed by atoms with van der Waals surface area (Å²) in [5.74, 6) is 0.655. The Balaban J connectivity index is -0.000000567. The predicted octanol–water partition coefficient (Wildman–Crippen LogP) is -1.56. The number of rotatable bonds is 40. The fraction of sp³-hybridized carbons (Fsp3) is 0.514. The van der Waals surface area contributed by atoms with Crippen LogP contribution in [0.15, 0.2) is 121 Å². The van der Waals surface area contributed by atoms with Gasteiger partial charge in [0.25, 0.3) is 0 Å². The Morgan fingerprint density at radius 1 is 0.385 bits per heavy atom. The van der Waals surface area contributed by atoms with E-state index in [-0.39, 0.29) is 112 Å². The van der Waals surface area contributed by atoms with Gasteiger partial charge >= 0.3 is 0 Å². The van der Waals surface area contributed by atoms with Gasteiger partial charge in [-0.2, -0.15) is 0 Å². The number of quaternary nitrogens is 3. The van der Waals surface area contributed by atoms with E-state index in [4.69, 9.17) is 52.5 Å². The van der Waals surface area contributed by atoms with Crippen LogP contribution in [0.25, 0.3) is 24.3 Å². The molecule has 4 aromatic rings. The highest BCUT2D eigenvalue weighted by Crippen LogP contribution is 2.14. The van der Waals surface area contributed by atoms with Crippen molar-refractivity contribution < 1.29 is 121 Å². The average molecular weight is 1430 g/mol. The summed E-state index contributed by atoms with van der Waals surface area (Å²) in [6.07, 6.45) is 21.3. The first-order valence-electron chi connectivity index (χ1n) is 32.2. The maximum absolute atomic E-state index is 11.9. The van der Waals surface area contributed by atoms with Crippen molar-refractivity contribution in [3.05, 3.63) is 166 Å². The van der Waals surface area contributed by atoms with Crippen LogP contribution in [0.2, 0.25) is 0 Å². The first-order chi connectivity index (χ1) is 44.0. The molecule has 0 aliphatic carbocycles. The number of hydrogen-bond donors (Lipinski definition) is 10. The van der Waals surface area contributed by atoms with Crippen LogP contribution < -0.4 is 37.2 Å². The first kappa shape index (κ1) is 97.5. The third-order valence-corrected chi connectivity index (χ3v) is 14.7. The van der Waals surface area contributed by atoms with Crippen molar-refractivity contribution in [2.45, 2.75) is 122 Å². The van der Waals surface area contributed by atoms with Crippen molar-refractivity contribution >= 4 is 59.0 Å². The molecule has 10 N–H and O–H groups in total. The smallest absolute Gasteiger partial charge is 0.155 e. The maximum Gasteiger partial charge on any atom is 0.155 e. The van der Waals surface area contributed by atoms with Gasteiger partial charge in [-0.15, -0.1) is 11.6 Å². The van der Waals surface area contributed by atoms with Gasteiger partial charge in [0.1, 0.15) is 25.3 Å². The lowest BCUT2D eigenvalue weighted by atomic mass is 10.1. The summed E-state index contributed by atoms with van der Waals surface area (Å²) >= 11 is 5.04. The number of carbonyl (C=O) groups is 4. The Morgan fingerprint density at radius 3 is 0.823 bits per heavy atom. The highest BCUT2D eigenvalue weighted by atomic mass is 35.5. The zero-order valence-corrected chi connectivity index (χ0v) is 61.4. The molecule has 0 radical (unpaired) electrons. The van der Waals surface area contributed by atoms with Crippen LogP contribution >= 0.6 is 11.6 Å². The summed E-state index contributed by atoms with van der Waals surface area (Å²) in [5.41, 5.74) is 7.32. The molecule has 3 unspecified atom stereocenters. The summed E-state index contributed by atoms with van der Waals surface area (Å²) < 4.78 is 2.20. The standard InChI is InChI=1S/2C19H30NO4.C17H26NO2.C16H23NO2.C3H7ClO2.3ClH/c2*1-20(2,13-19(24)15-22)12-4-3-5-18(23)11-10-16-6-8-17(14-21)9-7-16;1-18(2,3)13-5-4-6-17(20)12-11-15-7-9-16(14-19)10-8-15;1-17(2)12-4-3-5-16(19)11-10-14-6-8-15(13-18)9-7-14;4-1-3(6)2-5;;;/h2*6-11,19,21-22,24H,3-5,12-15H2,1-2H3;7-12,19H,4-6,13-14H2,1-3H3;6-11,18H,3-5,12-13H2,1-2H3;3,5-6H,1-2H2;3*1H/q3*+1;;;;;/p-3/b2*11-10+;12-11+;11-10+;;;;. The van der Waals surface area contributed by atoms with Gasteiger partial charge in [-0.1, -0.05) is 121 Å². The molecular formula is C74H116Cl4N4O14. The molecule has 4 rings (SSSR count). The molecule has 22 heteroatoms. The van der Waals surface area contributed by atoms with Crippen molar-refractivity contribution in [1.82, 2.24) is 4.90 Å². The van der Waals surface area contributed by atoms with Crippen molar-refractivity contribution in [3.63, 3.8) is 0 Å². The van der Waals surface area contributed by atoms with Crippen LogP contribution in [0.4, 0.5) is 0 Å². The highest BCUT2D eigenvalue weighted by Gasteiger charge is 2.21. The number of unbranched alkanes of at least 4 members (excludes halogenated alkanes) is 4. The van der Waals surface area contributed by atoms with Crippen molar-refractivity contribution in [3.8, 4) is 0 Å².